The maximum absolute atomic E-state index is 13.4. The van der Waals surface area contributed by atoms with Crippen LogP contribution in [0.3, 0.4) is 0 Å². The molecule has 3 atom stereocenters. The Kier molecular flexibility index (Phi) is 12.6. The molecule has 5 aromatic rings. The van der Waals surface area contributed by atoms with Gasteiger partial charge in [0.1, 0.15) is 17.6 Å². The fraction of sp³-hybridized carbons (Fsp3) is 0.383. The zero-order valence-electron chi connectivity index (χ0n) is 33.2. The number of amides is 2. The molecule has 12 heteroatoms. The summed E-state index contributed by atoms with van der Waals surface area (Å²) in [6.07, 6.45) is 3.26. The first-order valence-electron chi connectivity index (χ1n) is 20.9. The number of hydrogen-bond acceptors (Lipinski definition) is 9. The van der Waals surface area contributed by atoms with E-state index in [4.69, 9.17) is 9.47 Å². The van der Waals surface area contributed by atoms with Gasteiger partial charge in [0.05, 0.1) is 24.3 Å². The number of alkyl carbamates (subject to hydrolysis) is 1. The molecule has 1 aromatic heterocycles. The lowest BCUT2D eigenvalue weighted by Crippen LogP contribution is -2.52. The number of aliphatic hydroxyl groups excluding tert-OH is 1. The Morgan fingerprint density at radius 1 is 0.847 bits per heavy atom. The molecule has 0 aliphatic carbocycles. The summed E-state index contributed by atoms with van der Waals surface area (Å²) in [5, 5.41) is 28.0. The van der Waals surface area contributed by atoms with Crippen LogP contribution >= 0.6 is 0 Å². The zero-order valence-corrected chi connectivity index (χ0v) is 33.2. The highest BCUT2D eigenvalue weighted by Gasteiger charge is 2.37. The number of nitrogens with zero attached hydrogens (tertiary/aromatic N) is 2. The molecule has 4 aliphatic rings. The molecule has 12 nitrogen and oxygen atoms in total. The van der Waals surface area contributed by atoms with E-state index >= 15 is 0 Å². The van der Waals surface area contributed by atoms with Gasteiger partial charge in [-0.2, -0.15) is 0 Å². The first kappa shape index (κ1) is 40.1. The molecule has 5 heterocycles. The van der Waals surface area contributed by atoms with E-state index in [-0.39, 0.29) is 29.4 Å². The van der Waals surface area contributed by atoms with Crippen molar-refractivity contribution in [3.05, 3.63) is 141 Å². The molecule has 308 valence electrons. The number of phenols is 1. The maximum Gasteiger partial charge on any atom is 0.408 e. The third-order valence-corrected chi connectivity index (χ3v) is 12.2. The number of carbonyl (C=O) groups is 2. The number of aromatic amines is 1. The molecule has 9 rings (SSSR count). The summed E-state index contributed by atoms with van der Waals surface area (Å²) in [4.78, 5) is 45.3. The Bertz CT molecular complexity index is 2270. The highest BCUT2D eigenvalue weighted by Crippen LogP contribution is 2.32. The number of fused-ring (bicyclic) bond motifs is 4. The number of benzene rings is 4. The fourth-order valence-electron chi connectivity index (χ4n) is 8.77. The largest absolute Gasteiger partial charge is 0.506 e. The lowest BCUT2D eigenvalue weighted by Gasteiger charge is -2.43. The van der Waals surface area contributed by atoms with Crippen molar-refractivity contribution in [2.75, 3.05) is 52.4 Å². The van der Waals surface area contributed by atoms with E-state index in [9.17, 15) is 24.6 Å². The summed E-state index contributed by atoms with van der Waals surface area (Å²) in [6.45, 7) is 5.77. The summed E-state index contributed by atoms with van der Waals surface area (Å²) >= 11 is 0. The summed E-state index contributed by atoms with van der Waals surface area (Å²) in [5.74, 6) is 1.47. The lowest BCUT2D eigenvalue weighted by atomic mass is 9.86. The van der Waals surface area contributed by atoms with E-state index in [0.29, 0.717) is 66.7 Å². The van der Waals surface area contributed by atoms with Gasteiger partial charge in [0.2, 0.25) is 5.56 Å². The molecular formula is C47H53N5O7. The van der Waals surface area contributed by atoms with Gasteiger partial charge in [-0.3, -0.25) is 14.5 Å². The zero-order chi connectivity index (χ0) is 40.7. The topological polar surface area (TPSA) is 156 Å². The molecule has 4 aliphatic heterocycles. The summed E-state index contributed by atoms with van der Waals surface area (Å²) in [5.41, 5.74) is 4.23. The second-order valence-electron chi connectivity index (χ2n) is 16.1. The van der Waals surface area contributed by atoms with E-state index in [1.807, 2.05) is 83.8 Å². The predicted molar refractivity (Wildman–Crippen MR) is 226 cm³/mol. The van der Waals surface area contributed by atoms with Crippen molar-refractivity contribution < 1.29 is 29.3 Å². The highest BCUT2D eigenvalue weighted by molar-refractivity contribution is 5.94. The minimum atomic E-state index is -0.829. The summed E-state index contributed by atoms with van der Waals surface area (Å²) in [7, 11) is 0. The van der Waals surface area contributed by atoms with Crippen LogP contribution in [0.2, 0.25) is 0 Å². The van der Waals surface area contributed by atoms with Crippen LogP contribution in [0.4, 0.5) is 4.79 Å². The number of nitrogens with one attached hydrogen (secondary N) is 3. The van der Waals surface area contributed by atoms with Gasteiger partial charge in [-0.05, 0) is 122 Å². The third-order valence-electron chi connectivity index (χ3n) is 12.2. The van der Waals surface area contributed by atoms with E-state index in [2.05, 4.69) is 20.5 Å². The number of phenolic OH excluding ortho intramolecular Hbond substituents is 1. The average molecular weight is 800 g/mol. The first-order valence-corrected chi connectivity index (χ1v) is 20.9. The van der Waals surface area contributed by atoms with Gasteiger partial charge in [0, 0.05) is 43.2 Å². The molecule has 59 heavy (non-hydrogen) atoms. The normalized spacial score (nSPS) is 20.2. The van der Waals surface area contributed by atoms with Crippen LogP contribution in [0.25, 0.3) is 10.9 Å². The molecule has 5 N–H and O–H groups in total. The Balaban J connectivity index is 0.784. The molecule has 3 unspecified atom stereocenters. The Morgan fingerprint density at radius 3 is 2.36 bits per heavy atom. The number of carbonyl (C=O) groups excluding carboxylic acids is 2. The Morgan fingerprint density at radius 2 is 1.61 bits per heavy atom. The van der Waals surface area contributed by atoms with Crippen molar-refractivity contribution in [3.63, 3.8) is 0 Å². The van der Waals surface area contributed by atoms with E-state index in [0.717, 1.165) is 74.2 Å². The van der Waals surface area contributed by atoms with Gasteiger partial charge < -0.3 is 40.2 Å². The third kappa shape index (κ3) is 9.79. The van der Waals surface area contributed by atoms with E-state index in [1.54, 1.807) is 12.1 Å². The van der Waals surface area contributed by atoms with Crippen LogP contribution in [-0.2, 0) is 11.2 Å². The van der Waals surface area contributed by atoms with Crippen LogP contribution in [0, 0.1) is 11.8 Å². The van der Waals surface area contributed by atoms with Crippen LogP contribution in [0.1, 0.15) is 70.4 Å². The number of ether oxygens (including phenoxy) is 2. The van der Waals surface area contributed by atoms with Crippen molar-refractivity contribution in [2.24, 2.45) is 11.8 Å². The number of aromatic nitrogens is 1. The monoisotopic (exact) mass is 799 g/mol. The molecule has 4 saturated heterocycles. The molecule has 4 aromatic carbocycles. The Labute approximate surface area is 344 Å². The summed E-state index contributed by atoms with van der Waals surface area (Å²) in [6, 6.07) is 31.3. The van der Waals surface area contributed by atoms with Gasteiger partial charge in [0.15, 0.2) is 0 Å². The quantitative estimate of drug-likeness (QED) is 0.0859. The molecule has 0 radical (unpaired) electrons. The van der Waals surface area contributed by atoms with Crippen LogP contribution in [0.15, 0.2) is 108 Å². The smallest absolute Gasteiger partial charge is 0.408 e. The maximum atomic E-state index is 13.4. The van der Waals surface area contributed by atoms with Gasteiger partial charge in [-0.1, -0.05) is 60.7 Å². The summed E-state index contributed by atoms with van der Waals surface area (Å²) < 4.78 is 12.3. The number of pyridine rings is 1. The van der Waals surface area contributed by atoms with E-state index in [1.165, 1.54) is 12.1 Å². The standard InChI is InChI=1S/C47H53N5O7/c53-40-15-13-38(39-14-16-43(55)49-45(39)40)41(54)28-48-22-17-31-9-11-35(12-10-31)46(56)52-25-18-32(19-26-52)30-58-37-8-4-7-36(27-37)44(34-5-2-1-3-6-34)50-47(57)59-42-29-51-23-20-33(42)21-24-51/h1-16,27,32-33,41-42,44,48,53-54H,17-26,28-30H2,(H,49,55)(H,50,57). The van der Waals surface area contributed by atoms with Gasteiger partial charge >= 0.3 is 6.09 Å². The molecule has 4 fully saturated rings. The predicted octanol–water partition coefficient (Wildman–Crippen LogP) is 5.94. The fourth-order valence-corrected chi connectivity index (χ4v) is 8.77. The minimum Gasteiger partial charge on any atom is -0.506 e. The SMILES string of the molecule is O=C(NC(c1ccccc1)c1cccc(OCC2CCN(C(=O)c3ccc(CCNCC(O)c4ccc(O)c5[nH]c(=O)ccc45)cc3)CC2)c1)OC1CN2CCC1CC2. The van der Waals surface area contributed by atoms with Crippen molar-refractivity contribution >= 4 is 22.9 Å². The van der Waals surface area contributed by atoms with Gasteiger partial charge in [0.25, 0.3) is 5.91 Å². The number of H-pyrrole nitrogens is 1. The molecule has 0 spiro atoms. The molecule has 2 bridgehead atoms. The van der Waals surface area contributed by atoms with Crippen molar-refractivity contribution in [3.8, 4) is 11.5 Å². The minimum absolute atomic E-state index is 0.0267. The second-order valence-corrected chi connectivity index (χ2v) is 16.1. The molecule has 0 saturated carbocycles. The second kappa shape index (κ2) is 18.5. The average Bonchev–Trinajstić information content (AvgIpc) is 3.27. The number of rotatable bonds is 14. The number of aromatic hydroxyl groups is 1. The van der Waals surface area contributed by atoms with Gasteiger partial charge in [-0.15, -0.1) is 0 Å². The Hall–Kier alpha value is -5.69. The number of hydrogen-bond donors (Lipinski definition) is 5. The van der Waals surface area contributed by atoms with Crippen LogP contribution < -0.4 is 20.9 Å². The number of likely N-dealkylation sites (tertiary alicyclic amines) is 1. The lowest BCUT2D eigenvalue weighted by molar-refractivity contribution is -0.0336. The van der Waals surface area contributed by atoms with Crippen molar-refractivity contribution in [1.82, 2.24) is 25.4 Å². The van der Waals surface area contributed by atoms with Crippen molar-refractivity contribution in [1.29, 1.82) is 0 Å². The van der Waals surface area contributed by atoms with Crippen LogP contribution in [-0.4, -0.2) is 95.5 Å². The first-order chi connectivity index (χ1) is 28.8. The van der Waals surface area contributed by atoms with E-state index < -0.39 is 12.2 Å². The number of piperidine rings is 4. The highest BCUT2D eigenvalue weighted by atomic mass is 16.6. The molecular weight excluding hydrogens is 747 g/mol. The van der Waals surface area contributed by atoms with Gasteiger partial charge in [-0.25, -0.2) is 4.79 Å². The number of aliphatic hydroxyl groups is 1. The molecule has 2 amide bonds. The van der Waals surface area contributed by atoms with Crippen LogP contribution in [0.5, 0.6) is 11.5 Å². The van der Waals surface area contributed by atoms with Crippen molar-refractivity contribution in [2.45, 2.75) is 50.4 Å².